The van der Waals surface area contributed by atoms with E-state index in [1.54, 1.807) is 0 Å². The van der Waals surface area contributed by atoms with Crippen molar-refractivity contribution in [3.8, 4) is 0 Å². The Morgan fingerprint density at radius 1 is 1.20 bits per heavy atom. The van der Waals surface area contributed by atoms with Crippen LogP contribution in [0.5, 0.6) is 0 Å². The number of carboxylic acid groups (broad SMARTS) is 1. The van der Waals surface area contributed by atoms with Crippen molar-refractivity contribution in [3.05, 3.63) is 35.9 Å². The Morgan fingerprint density at radius 3 is 2.50 bits per heavy atom. The molecular weight excluding hydrogens is 260 g/mol. The maximum Gasteiger partial charge on any atom is 0.326 e. The molecule has 1 aromatic rings. The van der Waals surface area contributed by atoms with E-state index in [1.165, 1.54) is 5.56 Å². The minimum Gasteiger partial charge on any atom is -0.480 e. The Bertz CT molecular complexity index is 422. The van der Waals surface area contributed by atoms with Crippen molar-refractivity contribution in [3.63, 3.8) is 0 Å². The van der Waals surface area contributed by atoms with Crippen molar-refractivity contribution < 1.29 is 19.8 Å². The van der Waals surface area contributed by atoms with Crippen LogP contribution in [-0.2, 0) is 11.2 Å². The van der Waals surface area contributed by atoms with Gasteiger partial charge in [0.15, 0.2) is 0 Å². The monoisotopic (exact) mass is 280 g/mol. The molecule has 0 saturated carbocycles. The van der Waals surface area contributed by atoms with Gasteiger partial charge in [-0.3, -0.25) is 0 Å². The van der Waals surface area contributed by atoms with Crippen LogP contribution in [0.15, 0.2) is 30.3 Å². The van der Waals surface area contributed by atoms with E-state index in [-0.39, 0.29) is 13.0 Å². The largest absolute Gasteiger partial charge is 0.480 e. The molecule has 0 aromatic heterocycles. The van der Waals surface area contributed by atoms with Crippen LogP contribution in [0.4, 0.5) is 4.79 Å². The molecule has 6 heteroatoms. The van der Waals surface area contributed by atoms with Gasteiger partial charge in [0.25, 0.3) is 0 Å². The number of aliphatic hydroxyl groups excluding tert-OH is 1. The predicted molar refractivity (Wildman–Crippen MR) is 74.4 cm³/mol. The lowest BCUT2D eigenvalue weighted by Crippen LogP contribution is -2.46. The van der Waals surface area contributed by atoms with Crippen LogP contribution in [0, 0.1) is 0 Å². The second kappa shape index (κ2) is 8.92. The summed E-state index contributed by atoms with van der Waals surface area (Å²) in [6, 6.07) is 8.31. The highest BCUT2D eigenvalue weighted by Gasteiger charge is 2.18. The van der Waals surface area contributed by atoms with Gasteiger partial charge >= 0.3 is 12.0 Å². The molecule has 0 aliphatic heterocycles. The quantitative estimate of drug-likeness (QED) is 0.528. The normalized spacial score (nSPS) is 11.7. The van der Waals surface area contributed by atoms with Gasteiger partial charge in [0.1, 0.15) is 6.04 Å². The molecule has 1 aromatic carbocycles. The number of aryl methyl sites for hydroxylation is 1. The van der Waals surface area contributed by atoms with E-state index in [4.69, 9.17) is 10.2 Å². The molecule has 0 spiro atoms. The Kier molecular flexibility index (Phi) is 7.13. The van der Waals surface area contributed by atoms with Crippen molar-refractivity contribution in [2.24, 2.45) is 0 Å². The van der Waals surface area contributed by atoms with Crippen molar-refractivity contribution in [2.75, 3.05) is 13.2 Å². The smallest absolute Gasteiger partial charge is 0.326 e. The molecule has 0 radical (unpaired) electrons. The Balaban J connectivity index is 2.21. The molecule has 0 heterocycles. The molecule has 0 aliphatic carbocycles. The highest BCUT2D eigenvalue weighted by molar-refractivity contribution is 5.82. The zero-order valence-corrected chi connectivity index (χ0v) is 11.2. The molecule has 0 saturated heterocycles. The number of aliphatic hydroxyl groups is 1. The van der Waals surface area contributed by atoms with E-state index in [1.807, 2.05) is 30.3 Å². The first-order chi connectivity index (χ1) is 9.63. The number of hydrogen-bond acceptors (Lipinski definition) is 3. The maximum atomic E-state index is 11.5. The zero-order chi connectivity index (χ0) is 14.8. The molecular formula is C14H20N2O4. The minimum absolute atomic E-state index is 0.00717. The molecule has 1 unspecified atom stereocenters. The highest BCUT2D eigenvalue weighted by atomic mass is 16.4. The summed E-state index contributed by atoms with van der Waals surface area (Å²) >= 11 is 0. The summed E-state index contributed by atoms with van der Waals surface area (Å²) in [5.41, 5.74) is 1.19. The molecule has 2 amide bonds. The Morgan fingerprint density at radius 2 is 1.90 bits per heavy atom. The van der Waals surface area contributed by atoms with Gasteiger partial charge in [0, 0.05) is 19.6 Å². The number of carbonyl (C=O) groups is 2. The first-order valence-corrected chi connectivity index (χ1v) is 6.55. The van der Waals surface area contributed by atoms with E-state index in [9.17, 15) is 9.59 Å². The molecule has 110 valence electrons. The second-order valence-corrected chi connectivity index (χ2v) is 4.39. The van der Waals surface area contributed by atoms with Gasteiger partial charge in [-0.15, -0.1) is 0 Å². The molecule has 1 atom stereocenters. The molecule has 0 fully saturated rings. The first kappa shape index (κ1) is 16.0. The van der Waals surface area contributed by atoms with Crippen LogP contribution in [0.2, 0.25) is 0 Å². The molecule has 0 bridgehead atoms. The molecule has 6 nitrogen and oxygen atoms in total. The molecule has 4 N–H and O–H groups in total. The Labute approximate surface area is 117 Å². The highest BCUT2D eigenvalue weighted by Crippen LogP contribution is 2.01. The number of urea groups is 1. The third kappa shape index (κ3) is 6.19. The third-order valence-electron chi connectivity index (χ3n) is 2.79. The van der Waals surface area contributed by atoms with Crippen molar-refractivity contribution in [2.45, 2.75) is 25.3 Å². The van der Waals surface area contributed by atoms with Gasteiger partial charge in [-0.25, -0.2) is 9.59 Å². The fourth-order valence-corrected chi connectivity index (χ4v) is 1.73. The van der Waals surface area contributed by atoms with Crippen LogP contribution in [0.25, 0.3) is 0 Å². The van der Waals surface area contributed by atoms with Crippen molar-refractivity contribution >= 4 is 12.0 Å². The van der Waals surface area contributed by atoms with Crippen LogP contribution >= 0.6 is 0 Å². The molecule has 0 aliphatic rings. The lowest BCUT2D eigenvalue weighted by atomic mass is 10.1. The summed E-state index contributed by atoms with van der Waals surface area (Å²) in [6.45, 7) is 0.178. The van der Waals surface area contributed by atoms with E-state index >= 15 is 0 Å². The summed E-state index contributed by atoms with van der Waals surface area (Å²) in [5.74, 6) is -1.15. The number of aliphatic carboxylic acids is 1. The summed E-state index contributed by atoms with van der Waals surface area (Å²) in [4.78, 5) is 22.3. The fraction of sp³-hybridized carbons (Fsp3) is 0.429. The predicted octanol–water partition coefficient (Wildman–Crippen LogP) is 0.754. The number of amides is 2. The lowest BCUT2D eigenvalue weighted by Gasteiger charge is -2.13. The Hall–Kier alpha value is -2.08. The van der Waals surface area contributed by atoms with Crippen LogP contribution in [-0.4, -0.2) is 41.4 Å². The fourth-order valence-electron chi connectivity index (χ4n) is 1.73. The summed E-state index contributed by atoms with van der Waals surface area (Å²) in [5, 5.41) is 22.4. The number of carbonyl (C=O) groups excluding carboxylic acids is 1. The average Bonchev–Trinajstić information content (AvgIpc) is 2.44. The van der Waals surface area contributed by atoms with Gasteiger partial charge in [-0.1, -0.05) is 30.3 Å². The number of carboxylic acids is 1. The van der Waals surface area contributed by atoms with Crippen molar-refractivity contribution in [1.29, 1.82) is 0 Å². The second-order valence-electron chi connectivity index (χ2n) is 4.39. The van der Waals surface area contributed by atoms with E-state index in [0.29, 0.717) is 6.54 Å². The zero-order valence-electron chi connectivity index (χ0n) is 11.2. The maximum absolute atomic E-state index is 11.5. The average molecular weight is 280 g/mol. The van der Waals surface area contributed by atoms with Crippen LogP contribution < -0.4 is 10.6 Å². The minimum atomic E-state index is -1.15. The lowest BCUT2D eigenvalue weighted by molar-refractivity contribution is -0.139. The topological polar surface area (TPSA) is 98.7 Å². The van der Waals surface area contributed by atoms with Crippen molar-refractivity contribution in [1.82, 2.24) is 10.6 Å². The van der Waals surface area contributed by atoms with Gasteiger partial charge in [-0.2, -0.15) is 0 Å². The number of rotatable bonds is 8. The molecule has 1 rings (SSSR count). The van der Waals surface area contributed by atoms with Gasteiger partial charge in [0.2, 0.25) is 0 Å². The van der Waals surface area contributed by atoms with Gasteiger partial charge < -0.3 is 20.8 Å². The van der Waals surface area contributed by atoms with Gasteiger partial charge in [0.05, 0.1) is 0 Å². The van der Waals surface area contributed by atoms with E-state index in [0.717, 1.165) is 12.8 Å². The first-order valence-electron chi connectivity index (χ1n) is 6.55. The molecule has 20 heavy (non-hydrogen) atoms. The van der Waals surface area contributed by atoms with Crippen LogP contribution in [0.3, 0.4) is 0 Å². The van der Waals surface area contributed by atoms with E-state index < -0.39 is 18.0 Å². The summed E-state index contributed by atoms with van der Waals surface area (Å²) in [7, 11) is 0. The number of hydrogen-bond donors (Lipinski definition) is 4. The van der Waals surface area contributed by atoms with Gasteiger partial charge in [-0.05, 0) is 18.4 Å². The third-order valence-corrected chi connectivity index (χ3v) is 2.79. The number of nitrogens with one attached hydrogen (secondary N) is 2. The number of benzene rings is 1. The summed E-state index contributed by atoms with van der Waals surface area (Å²) in [6.07, 6.45) is 1.61. The standard InChI is InChI=1S/C14H20N2O4/c17-10-8-12(13(18)19)16-14(20)15-9-4-7-11-5-2-1-3-6-11/h1-3,5-6,12,17H,4,7-10H2,(H,18,19)(H2,15,16,20). The summed E-state index contributed by atoms with van der Waals surface area (Å²) < 4.78 is 0. The van der Waals surface area contributed by atoms with Crippen LogP contribution in [0.1, 0.15) is 18.4 Å². The SMILES string of the molecule is O=C(NCCCc1ccccc1)NC(CCO)C(=O)O. The van der Waals surface area contributed by atoms with E-state index in [2.05, 4.69) is 10.6 Å².